The van der Waals surface area contributed by atoms with Gasteiger partial charge in [0.05, 0.1) is 10.7 Å². The maximum Gasteiger partial charge on any atom is 0.0966 e. The van der Waals surface area contributed by atoms with Gasteiger partial charge in [0.25, 0.3) is 0 Å². The molecule has 1 aliphatic rings. The second kappa shape index (κ2) is 5.43. The maximum atomic E-state index is 4.80. The molecule has 0 saturated heterocycles. The minimum absolute atomic E-state index is 0.515. The van der Waals surface area contributed by atoms with Gasteiger partial charge in [0.15, 0.2) is 0 Å². The second-order valence-corrected chi connectivity index (χ2v) is 6.48. The SMILES string of the molecule is CC(C)NCc1csc(C2Cc3ccccc3C2)n1. The molecular formula is C16H20N2S. The van der Waals surface area contributed by atoms with E-state index in [9.17, 15) is 0 Å². The summed E-state index contributed by atoms with van der Waals surface area (Å²) in [6, 6.07) is 9.30. The van der Waals surface area contributed by atoms with Crippen LogP contribution >= 0.6 is 11.3 Å². The fraction of sp³-hybridized carbons (Fsp3) is 0.438. The summed E-state index contributed by atoms with van der Waals surface area (Å²) in [5.74, 6) is 0.593. The van der Waals surface area contributed by atoms with E-state index in [1.165, 1.54) is 21.8 Å². The summed E-state index contributed by atoms with van der Waals surface area (Å²) in [4.78, 5) is 4.80. The van der Waals surface area contributed by atoms with Gasteiger partial charge in [-0.25, -0.2) is 4.98 Å². The van der Waals surface area contributed by atoms with Crippen LogP contribution in [-0.2, 0) is 19.4 Å². The van der Waals surface area contributed by atoms with Crippen molar-refractivity contribution < 1.29 is 0 Å². The highest BCUT2D eigenvalue weighted by Gasteiger charge is 2.24. The molecule has 0 aliphatic heterocycles. The number of aromatic nitrogens is 1. The first-order valence-electron chi connectivity index (χ1n) is 6.97. The van der Waals surface area contributed by atoms with Gasteiger partial charge < -0.3 is 5.32 Å². The Morgan fingerprint density at radius 1 is 1.26 bits per heavy atom. The van der Waals surface area contributed by atoms with Gasteiger partial charge >= 0.3 is 0 Å². The van der Waals surface area contributed by atoms with Crippen LogP contribution < -0.4 is 5.32 Å². The van der Waals surface area contributed by atoms with Crippen LogP contribution in [0.3, 0.4) is 0 Å². The number of rotatable bonds is 4. The maximum absolute atomic E-state index is 4.80. The molecule has 1 aromatic heterocycles. The first-order chi connectivity index (χ1) is 9.22. The van der Waals surface area contributed by atoms with Crippen molar-refractivity contribution in [2.75, 3.05) is 0 Å². The Bertz CT molecular complexity index is 534. The Morgan fingerprint density at radius 2 is 1.95 bits per heavy atom. The number of fused-ring (bicyclic) bond motifs is 1. The number of benzene rings is 1. The Hall–Kier alpha value is -1.19. The van der Waals surface area contributed by atoms with Crippen molar-refractivity contribution in [2.45, 2.75) is 45.2 Å². The van der Waals surface area contributed by atoms with E-state index < -0.39 is 0 Å². The topological polar surface area (TPSA) is 24.9 Å². The molecule has 1 aliphatic carbocycles. The lowest BCUT2D eigenvalue weighted by atomic mass is 10.1. The van der Waals surface area contributed by atoms with Crippen LogP contribution in [0.5, 0.6) is 0 Å². The monoisotopic (exact) mass is 272 g/mol. The molecule has 100 valence electrons. The van der Waals surface area contributed by atoms with Gasteiger partial charge in [-0.3, -0.25) is 0 Å². The predicted molar refractivity (Wildman–Crippen MR) is 80.7 cm³/mol. The van der Waals surface area contributed by atoms with Crippen molar-refractivity contribution in [3.8, 4) is 0 Å². The molecule has 0 atom stereocenters. The third-order valence-electron chi connectivity index (χ3n) is 3.66. The minimum Gasteiger partial charge on any atom is -0.309 e. The van der Waals surface area contributed by atoms with Gasteiger partial charge in [-0.2, -0.15) is 0 Å². The molecule has 0 unspecified atom stereocenters. The Kier molecular flexibility index (Phi) is 3.67. The Labute approximate surface area is 118 Å². The summed E-state index contributed by atoms with van der Waals surface area (Å²) in [5, 5.41) is 6.93. The van der Waals surface area contributed by atoms with Gasteiger partial charge in [-0.15, -0.1) is 11.3 Å². The average molecular weight is 272 g/mol. The molecule has 0 bridgehead atoms. The zero-order chi connectivity index (χ0) is 13.2. The van der Waals surface area contributed by atoms with Crippen molar-refractivity contribution >= 4 is 11.3 Å². The minimum atomic E-state index is 0.515. The van der Waals surface area contributed by atoms with E-state index >= 15 is 0 Å². The highest BCUT2D eigenvalue weighted by molar-refractivity contribution is 7.09. The van der Waals surface area contributed by atoms with Crippen LogP contribution in [0.2, 0.25) is 0 Å². The number of hydrogen-bond donors (Lipinski definition) is 1. The van der Waals surface area contributed by atoms with Crippen molar-refractivity contribution in [3.05, 3.63) is 51.5 Å². The molecule has 3 rings (SSSR count). The molecule has 2 nitrogen and oxygen atoms in total. The van der Waals surface area contributed by atoms with E-state index in [1.807, 2.05) is 11.3 Å². The first-order valence-corrected chi connectivity index (χ1v) is 7.85. The van der Waals surface area contributed by atoms with E-state index in [0.717, 1.165) is 19.4 Å². The molecule has 0 fully saturated rings. The molecular weight excluding hydrogens is 252 g/mol. The van der Waals surface area contributed by atoms with Crippen LogP contribution in [0.1, 0.15) is 41.6 Å². The van der Waals surface area contributed by atoms with Crippen LogP contribution in [-0.4, -0.2) is 11.0 Å². The lowest BCUT2D eigenvalue weighted by Gasteiger charge is -2.06. The lowest BCUT2D eigenvalue weighted by molar-refractivity contribution is 0.581. The van der Waals surface area contributed by atoms with E-state index in [1.54, 1.807) is 0 Å². The molecule has 0 spiro atoms. The smallest absolute Gasteiger partial charge is 0.0966 e. The summed E-state index contributed by atoms with van der Waals surface area (Å²) < 4.78 is 0. The van der Waals surface area contributed by atoms with E-state index in [4.69, 9.17) is 4.98 Å². The third kappa shape index (κ3) is 2.88. The summed E-state index contributed by atoms with van der Waals surface area (Å²) in [5.41, 5.74) is 4.19. The molecule has 1 N–H and O–H groups in total. The molecule has 2 aromatic rings. The Balaban J connectivity index is 1.68. The molecule has 0 amide bonds. The van der Waals surface area contributed by atoms with Crippen molar-refractivity contribution in [3.63, 3.8) is 0 Å². The Morgan fingerprint density at radius 3 is 2.58 bits per heavy atom. The summed E-state index contributed by atoms with van der Waals surface area (Å²) in [6.07, 6.45) is 2.31. The standard InChI is InChI=1S/C16H20N2S/c1-11(2)17-9-15-10-19-16(18-15)14-7-12-5-3-4-6-13(12)8-14/h3-6,10-11,14,17H,7-9H2,1-2H3. The van der Waals surface area contributed by atoms with Gasteiger partial charge in [-0.05, 0) is 24.0 Å². The highest BCUT2D eigenvalue weighted by Crippen LogP contribution is 2.35. The molecule has 0 saturated carbocycles. The van der Waals surface area contributed by atoms with Crippen molar-refractivity contribution in [1.29, 1.82) is 0 Å². The zero-order valence-electron chi connectivity index (χ0n) is 11.5. The van der Waals surface area contributed by atoms with Crippen LogP contribution in [0.15, 0.2) is 29.6 Å². The van der Waals surface area contributed by atoms with Crippen molar-refractivity contribution in [1.82, 2.24) is 10.3 Å². The molecule has 1 heterocycles. The van der Waals surface area contributed by atoms with Gasteiger partial charge in [-0.1, -0.05) is 38.1 Å². The summed E-state index contributed by atoms with van der Waals surface area (Å²) >= 11 is 1.82. The van der Waals surface area contributed by atoms with E-state index in [2.05, 4.69) is 48.8 Å². The predicted octanol–water partition coefficient (Wildman–Crippen LogP) is 3.52. The fourth-order valence-corrected chi connectivity index (χ4v) is 3.56. The first kappa shape index (κ1) is 12.8. The molecule has 3 heteroatoms. The largest absolute Gasteiger partial charge is 0.309 e. The highest BCUT2D eigenvalue weighted by atomic mass is 32.1. The number of thiazole rings is 1. The van der Waals surface area contributed by atoms with Gasteiger partial charge in [0, 0.05) is 23.9 Å². The zero-order valence-corrected chi connectivity index (χ0v) is 12.3. The molecule has 1 aromatic carbocycles. The number of nitrogens with zero attached hydrogens (tertiary/aromatic N) is 1. The quantitative estimate of drug-likeness (QED) is 0.921. The van der Waals surface area contributed by atoms with Crippen LogP contribution in [0.4, 0.5) is 0 Å². The molecule has 0 radical (unpaired) electrons. The third-order valence-corrected chi connectivity index (χ3v) is 4.72. The normalized spacial score (nSPS) is 15.1. The van der Waals surface area contributed by atoms with E-state index in [0.29, 0.717) is 12.0 Å². The lowest BCUT2D eigenvalue weighted by Crippen LogP contribution is -2.22. The van der Waals surface area contributed by atoms with E-state index in [-0.39, 0.29) is 0 Å². The van der Waals surface area contributed by atoms with Crippen LogP contribution in [0, 0.1) is 0 Å². The fourth-order valence-electron chi connectivity index (χ4n) is 2.63. The molecule has 19 heavy (non-hydrogen) atoms. The average Bonchev–Trinajstić information content (AvgIpc) is 3.02. The van der Waals surface area contributed by atoms with Gasteiger partial charge in [0.2, 0.25) is 0 Å². The van der Waals surface area contributed by atoms with Crippen LogP contribution in [0.25, 0.3) is 0 Å². The second-order valence-electron chi connectivity index (χ2n) is 5.59. The number of nitrogens with one attached hydrogen (secondary N) is 1. The summed E-state index contributed by atoms with van der Waals surface area (Å²) in [6.45, 7) is 5.22. The summed E-state index contributed by atoms with van der Waals surface area (Å²) in [7, 11) is 0. The van der Waals surface area contributed by atoms with Crippen molar-refractivity contribution in [2.24, 2.45) is 0 Å². The number of hydrogen-bond acceptors (Lipinski definition) is 3. The van der Waals surface area contributed by atoms with Gasteiger partial charge in [0.1, 0.15) is 0 Å².